The number of nitrogens with one attached hydrogen (secondary N) is 1. The monoisotopic (exact) mass is 514 g/mol. The van der Waals surface area contributed by atoms with Crippen molar-refractivity contribution in [2.75, 3.05) is 11.9 Å². The molecule has 2 aromatic carbocycles. The van der Waals surface area contributed by atoms with Gasteiger partial charge in [-0.05, 0) is 73.4 Å². The maximum Gasteiger partial charge on any atom is 0.417 e. The highest BCUT2D eigenvalue weighted by Gasteiger charge is 2.45. The third kappa shape index (κ3) is 7.01. The Morgan fingerprint density at radius 1 is 1.11 bits per heavy atom. The van der Waals surface area contributed by atoms with Crippen LogP contribution in [0.4, 0.5) is 18.9 Å². The lowest BCUT2D eigenvalue weighted by atomic mass is 9.96. The normalized spacial score (nSPS) is 17.4. The number of hydrogen-bond donors (Lipinski definition) is 3. The summed E-state index contributed by atoms with van der Waals surface area (Å²) >= 11 is 0. The number of carboxylic acids is 1. The Labute approximate surface area is 213 Å². The number of halogens is 3. The molecule has 0 amide bonds. The minimum atomic E-state index is -4.51. The van der Waals surface area contributed by atoms with E-state index in [4.69, 9.17) is 9.84 Å². The molecular formula is C28H29F3N2O4. The molecule has 0 aliphatic heterocycles. The number of hydrogen-bond acceptors (Lipinski definition) is 5. The van der Waals surface area contributed by atoms with Crippen molar-refractivity contribution >= 4 is 11.7 Å². The summed E-state index contributed by atoms with van der Waals surface area (Å²) in [5.74, 6) is -0.760. The van der Waals surface area contributed by atoms with Crippen molar-refractivity contribution in [2.45, 2.75) is 50.9 Å². The molecular weight excluding hydrogens is 485 g/mol. The van der Waals surface area contributed by atoms with Crippen molar-refractivity contribution in [3.63, 3.8) is 0 Å². The SMILES string of the molecule is CC(C)(O)CCOc1ccc(-c2cc(CNc3ccc([C@H]4C[C@@H]4C(=O)O)nc3)ccc2C(F)(F)F)cc1. The molecule has 4 rings (SSSR count). The first-order valence-corrected chi connectivity index (χ1v) is 12.0. The minimum Gasteiger partial charge on any atom is -0.493 e. The van der Waals surface area contributed by atoms with Gasteiger partial charge in [0, 0.05) is 24.6 Å². The van der Waals surface area contributed by atoms with Crippen molar-refractivity contribution < 1.29 is 32.9 Å². The van der Waals surface area contributed by atoms with Crippen LogP contribution in [0, 0.1) is 5.92 Å². The number of carbonyl (C=O) groups is 1. The van der Waals surface area contributed by atoms with E-state index in [1.54, 1.807) is 56.4 Å². The van der Waals surface area contributed by atoms with Crippen LogP contribution in [0.5, 0.6) is 5.75 Å². The molecule has 1 aliphatic rings. The number of rotatable bonds is 10. The smallest absolute Gasteiger partial charge is 0.417 e. The lowest BCUT2D eigenvalue weighted by molar-refractivity contribution is -0.139. The summed E-state index contributed by atoms with van der Waals surface area (Å²) in [5, 5.41) is 22.0. The zero-order valence-corrected chi connectivity index (χ0v) is 20.5. The molecule has 1 aromatic heterocycles. The van der Waals surface area contributed by atoms with Gasteiger partial charge in [-0.1, -0.05) is 18.2 Å². The van der Waals surface area contributed by atoms with Crippen LogP contribution in [-0.2, 0) is 17.5 Å². The molecule has 3 N–H and O–H groups in total. The number of nitrogens with zero attached hydrogens (tertiary/aromatic N) is 1. The van der Waals surface area contributed by atoms with Crippen molar-refractivity contribution in [2.24, 2.45) is 5.92 Å². The molecule has 1 saturated carbocycles. The number of aliphatic hydroxyl groups is 1. The van der Waals surface area contributed by atoms with E-state index in [-0.39, 0.29) is 30.6 Å². The van der Waals surface area contributed by atoms with Crippen molar-refractivity contribution in [1.29, 1.82) is 0 Å². The summed E-state index contributed by atoms with van der Waals surface area (Å²) < 4.78 is 46.9. The summed E-state index contributed by atoms with van der Waals surface area (Å²) in [7, 11) is 0. The zero-order chi connectivity index (χ0) is 26.8. The second-order valence-electron chi connectivity index (χ2n) is 9.93. The molecule has 0 saturated heterocycles. The maximum atomic E-state index is 13.8. The van der Waals surface area contributed by atoms with Gasteiger partial charge in [-0.3, -0.25) is 9.78 Å². The van der Waals surface area contributed by atoms with Gasteiger partial charge in [0.25, 0.3) is 0 Å². The van der Waals surface area contributed by atoms with Crippen LogP contribution in [0.2, 0.25) is 0 Å². The maximum absolute atomic E-state index is 13.8. The van der Waals surface area contributed by atoms with E-state index in [1.807, 2.05) is 0 Å². The van der Waals surface area contributed by atoms with Gasteiger partial charge in [0.2, 0.25) is 0 Å². The number of benzene rings is 2. The van der Waals surface area contributed by atoms with Crippen LogP contribution in [0.15, 0.2) is 60.8 Å². The quantitative estimate of drug-likeness (QED) is 0.303. The Balaban J connectivity index is 1.46. The average Bonchev–Trinajstić information content (AvgIpc) is 3.63. The highest BCUT2D eigenvalue weighted by Crippen LogP contribution is 2.46. The predicted octanol–water partition coefficient (Wildman–Crippen LogP) is 6.11. The number of aromatic nitrogens is 1. The molecule has 9 heteroatoms. The summed E-state index contributed by atoms with van der Waals surface area (Å²) in [6, 6.07) is 14.0. The molecule has 1 fully saturated rings. The zero-order valence-electron chi connectivity index (χ0n) is 20.5. The molecule has 3 aromatic rings. The Kier molecular flexibility index (Phi) is 7.45. The first-order valence-electron chi connectivity index (χ1n) is 12.0. The van der Waals surface area contributed by atoms with Crippen molar-refractivity contribution in [3.05, 3.63) is 77.6 Å². The number of carboxylic acid groups (broad SMARTS) is 1. The predicted molar refractivity (Wildman–Crippen MR) is 133 cm³/mol. The van der Waals surface area contributed by atoms with E-state index in [0.29, 0.717) is 35.4 Å². The van der Waals surface area contributed by atoms with Gasteiger partial charge < -0.3 is 20.3 Å². The summed E-state index contributed by atoms with van der Waals surface area (Å²) in [4.78, 5) is 15.4. The highest BCUT2D eigenvalue weighted by atomic mass is 19.4. The van der Waals surface area contributed by atoms with E-state index >= 15 is 0 Å². The van der Waals surface area contributed by atoms with Crippen molar-refractivity contribution in [3.8, 4) is 16.9 Å². The van der Waals surface area contributed by atoms with Gasteiger partial charge >= 0.3 is 12.1 Å². The van der Waals surface area contributed by atoms with Gasteiger partial charge in [0.1, 0.15) is 5.75 Å². The highest BCUT2D eigenvalue weighted by molar-refractivity contribution is 5.75. The fourth-order valence-corrected chi connectivity index (χ4v) is 4.06. The van der Waals surface area contributed by atoms with Crippen LogP contribution >= 0.6 is 0 Å². The summed E-state index contributed by atoms with van der Waals surface area (Å²) in [6.45, 7) is 3.92. The lowest BCUT2D eigenvalue weighted by Crippen LogP contribution is -2.21. The minimum absolute atomic E-state index is 0.0664. The first kappa shape index (κ1) is 26.5. The molecule has 0 radical (unpaired) electrons. The first-order chi connectivity index (χ1) is 17.4. The van der Waals surface area contributed by atoms with Gasteiger partial charge in [-0.25, -0.2) is 0 Å². The van der Waals surface area contributed by atoms with Gasteiger partial charge in [-0.2, -0.15) is 13.2 Å². The third-order valence-corrected chi connectivity index (χ3v) is 6.31. The fourth-order valence-electron chi connectivity index (χ4n) is 4.06. The molecule has 196 valence electrons. The summed E-state index contributed by atoms with van der Waals surface area (Å²) in [6.07, 6.45) is -1.91. The lowest BCUT2D eigenvalue weighted by Gasteiger charge is -2.18. The van der Waals surface area contributed by atoms with Crippen LogP contribution in [0.3, 0.4) is 0 Å². The van der Waals surface area contributed by atoms with E-state index in [2.05, 4.69) is 10.3 Å². The Morgan fingerprint density at radius 2 is 1.84 bits per heavy atom. The van der Waals surface area contributed by atoms with E-state index < -0.39 is 23.3 Å². The third-order valence-electron chi connectivity index (χ3n) is 6.31. The van der Waals surface area contributed by atoms with E-state index in [9.17, 15) is 23.1 Å². The second kappa shape index (κ2) is 10.4. The van der Waals surface area contributed by atoms with Crippen molar-refractivity contribution in [1.82, 2.24) is 4.98 Å². The number of anilines is 1. The van der Waals surface area contributed by atoms with Crippen LogP contribution in [0.25, 0.3) is 11.1 Å². The molecule has 2 atom stereocenters. The Morgan fingerprint density at radius 3 is 2.41 bits per heavy atom. The number of pyridine rings is 1. The number of aliphatic carboxylic acids is 1. The van der Waals surface area contributed by atoms with Gasteiger partial charge in [0.15, 0.2) is 0 Å². The van der Waals surface area contributed by atoms with Crippen LogP contribution in [0.1, 0.15) is 49.4 Å². The standard InChI is InChI=1S/C28H29F3N2O4/c1-27(2,36)11-12-37-20-7-4-18(5-8-20)21-13-17(3-9-24(21)28(29,30)31)15-32-19-6-10-25(33-16-19)22-14-23(22)26(34)35/h3-10,13,16,22-23,32,36H,11-12,14-15H2,1-2H3,(H,34,35)/t22-,23-/m0/s1. The summed E-state index contributed by atoms with van der Waals surface area (Å²) in [5.41, 5.74) is 0.951. The Hall–Kier alpha value is -3.59. The van der Waals surface area contributed by atoms with E-state index in [1.165, 1.54) is 12.1 Å². The van der Waals surface area contributed by atoms with Crippen LogP contribution < -0.4 is 10.1 Å². The molecule has 6 nitrogen and oxygen atoms in total. The fraction of sp³-hybridized carbons (Fsp3) is 0.357. The van der Waals surface area contributed by atoms with Gasteiger partial charge in [0.05, 0.1) is 35.6 Å². The van der Waals surface area contributed by atoms with Gasteiger partial charge in [-0.15, -0.1) is 0 Å². The number of alkyl halides is 3. The topological polar surface area (TPSA) is 91.7 Å². The molecule has 1 heterocycles. The van der Waals surface area contributed by atoms with Crippen LogP contribution in [-0.4, -0.2) is 33.4 Å². The number of ether oxygens (including phenoxy) is 1. The molecule has 37 heavy (non-hydrogen) atoms. The second-order valence-corrected chi connectivity index (χ2v) is 9.93. The molecule has 0 spiro atoms. The molecule has 0 bridgehead atoms. The largest absolute Gasteiger partial charge is 0.493 e. The van der Waals surface area contributed by atoms with E-state index in [0.717, 1.165) is 11.8 Å². The molecule has 0 unspecified atom stereocenters. The molecule has 1 aliphatic carbocycles. The Bertz CT molecular complexity index is 1240. The average molecular weight is 515 g/mol.